The van der Waals surface area contributed by atoms with Crippen LogP contribution in [0.5, 0.6) is 0 Å². The van der Waals surface area contributed by atoms with Crippen LogP contribution in [-0.4, -0.2) is 0 Å². The second-order valence-electron chi connectivity index (χ2n) is 5.11. The van der Waals surface area contributed by atoms with E-state index in [2.05, 4.69) is 18.2 Å². The predicted octanol–water partition coefficient (Wildman–Crippen LogP) is 4.87. The Morgan fingerprint density at radius 1 is 1.00 bits per heavy atom. The van der Waals surface area contributed by atoms with Crippen LogP contribution in [0.4, 0.5) is 4.39 Å². The van der Waals surface area contributed by atoms with Crippen molar-refractivity contribution in [2.75, 3.05) is 0 Å². The molecule has 3 heteroatoms. The van der Waals surface area contributed by atoms with Crippen molar-refractivity contribution < 1.29 is 4.39 Å². The van der Waals surface area contributed by atoms with E-state index in [1.54, 1.807) is 6.07 Å². The Morgan fingerprint density at radius 3 is 2.62 bits per heavy atom. The highest BCUT2D eigenvalue weighted by Gasteiger charge is 2.14. The molecule has 0 saturated heterocycles. The summed E-state index contributed by atoms with van der Waals surface area (Å²) in [5.41, 5.74) is 7.75. The van der Waals surface area contributed by atoms with Crippen LogP contribution in [0.2, 0.25) is 5.02 Å². The molecule has 0 bridgehead atoms. The van der Waals surface area contributed by atoms with Crippen molar-refractivity contribution in [2.45, 2.75) is 12.5 Å². The first-order valence-corrected chi connectivity index (χ1v) is 7.20. The van der Waals surface area contributed by atoms with Crippen molar-refractivity contribution in [1.29, 1.82) is 0 Å². The number of hydrogen-bond acceptors (Lipinski definition) is 1. The Kier molecular flexibility index (Phi) is 3.91. The molecule has 2 N–H and O–H groups in total. The zero-order valence-electron chi connectivity index (χ0n) is 11.4. The Labute approximate surface area is 128 Å². The molecule has 21 heavy (non-hydrogen) atoms. The molecule has 0 aromatic heterocycles. The lowest BCUT2D eigenvalue weighted by molar-refractivity contribution is 0.581. The van der Waals surface area contributed by atoms with Crippen LogP contribution in [0.15, 0.2) is 60.7 Å². The minimum Gasteiger partial charge on any atom is -0.324 e. The van der Waals surface area contributed by atoms with E-state index in [9.17, 15) is 4.39 Å². The molecule has 0 saturated carbocycles. The van der Waals surface area contributed by atoms with Gasteiger partial charge in [0.25, 0.3) is 0 Å². The fourth-order valence-electron chi connectivity index (χ4n) is 2.62. The van der Waals surface area contributed by atoms with Crippen LogP contribution in [0.1, 0.15) is 17.2 Å². The van der Waals surface area contributed by atoms with Gasteiger partial charge in [0.1, 0.15) is 5.82 Å². The fourth-order valence-corrected chi connectivity index (χ4v) is 2.80. The van der Waals surface area contributed by atoms with Gasteiger partial charge in [-0.2, -0.15) is 0 Å². The minimum absolute atomic E-state index is 0.313. The number of fused-ring (bicyclic) bond motifs is 1. The minimum atomic E-state index is -0.422. The smallest absolute Gasteiger partial charge is 0.128 e. The summed E-state index contributed by atoms with van der Waals surface area (Å²) in [4.78, 5) is 0. The Bertz CT molecular complexity index is 780. The van der Waals surface area contributed by atoms with Gasteiger partial charge in [-0.15, -0.1) is 0 Å². The molecule has 3 rings (SSSR count). The highest BCUT2D eigenvalue weighted by Crippen LogP contribution is 2.26. The van der Waals surface area contributed by atoms with Gasteiger partial charge in [0.2, 0.25) is 0 Å². The van der Waals surface area contributed by atoms with Crippen LogP contribution in [0.25, 0.3) is 10.8 Å². The second kappa shape index (κ2) is 5.84. The molecule has 0 spiro atoms. The lowest BCUT2D eigenvalue weighted by atomic mass is 9.95. The number of halogens is 2. The molecule has 3 aromatic rings. The maximum atomic E-state index is 13.9. The summed E-state index contributed by atoms with van der Waals surface area (Å²) in [6, 6.07) is 18.3. The van der Waals surface area contributed by atoms with Gasteiger partial charge in [0.05, 0.1) is 0 Å². The van der Waals surface area contributed by atoms with E-state index in [1.807, 2.05) is 24.3 Å². The first kappa shape index (κ1) is 14.1. The molecule has 0 aliphatic heterocycles. The van der Waals surface area contributed by atoms with Gasteiger partial charge in [-0.05, 0) is 41.0 Å². The summed E-state index contributed by atoms with van der Waals surface area (Å²) < 4.78 is 13.9. The summed E-state index contributed by atoms with van der Waals surface area (Å²) >= 11 is 5.94. The molecule has 1 unspecified atom stereocenters. The van der Waals surface area contributed by atoms with E-state index in [4.69, 9.17) is 17.3 Å². The van der Waals surface area contributed by atoms with Gasteiger partial charge < -0.3 is 5.73 Å². The lowest BCUT2D eigenvalue weighted by Crippen LogP contribution is -2.15. The van der Waals surface area contributed by atoms with Crippen LogP contribution >= 0.6 is 11.6 Å². The van der Waals surface area contributed by atoms with Crippen molar-refractivity contribution in [3.05, 3.63) is 82.6 Å². The van der Waals surface area contributed by atoms with Crippen LogP contribution < -0.4 is 5.73 Å². The first-order chi connectivity index (χ1) is 10.1. The van der Waals surface area contributed by atoms with Crippen molar-refractivity contribution in [2.24, 2.45) is 5.73 Å². The molecular formula is C18H15ClFN. The predicted molar refractivity (Wildman–Crippen MR) is 86.0 cm³/mol. The Morgan fingerprint density at radius 2 is 1.76 bits per heavy atom. The third kappa shape index (κ3) is 2.92. The monoisotopic (exact) mass is 299 g/mol. The van der Waals surface area contributed by atoms with Crippen LogP contribution in [0.3, 0.4) is 0 Å². The standard InChI is InChI=1S/C18H15ClFN/c19-14-8-9-17(20)16(11-14)18(21)10-13-6-3-5-12-4-1-2-7-15(12)13/h1-9,11,18H,10,21H2. The Hall–Kier alpha value is -1.90. The van der Waals surface area contributed by atoms with Crippen molar-refractivity contribution >= 4 is 22.4 Å². The number of rotatable bonds is 3. The van der Waals surface area contributed by atoms with E-state index < -0.39 is 6.04 Å². The molecule has 0 amide bonds. The SMILES string of the molecule is NC(Cc1cccc2ccccc12)c1cc(Cl)ccc1F. The number of benzene rings is 3. The van der Waals surface area contributed by atoms with E-state index in [0.717, 1.165) is 16.3 Å². The van der Waals surface area contributed by atoms with Crippen molar-refractivity contribution in [3.63, 3.8) is 0 Å². The first-order valence-electron chi connectivity index (χ1n) is 6.82. The molecule has 106 valence electrons. The molecule has 3 aromatic carbocycles. The second-order valence-corrected chi connectivity index (χ2v) is 5.55. The van der Waals surface area contributed by atoms with Gasteiger partial charge in [-0.3, -0.25) is 0 Å². The van der Waals surface area contributed by atoms with Crippen molar-refractivity contribution in [1.82, 2.24) is 0 Å². The normalized spacial score (nSPS) is 12.5. The Balaban J connectivity index is 1.96. The molecule has 1 nitrogen and oxygen atoms in total. The summed E-state index contributed by atoms with van der Waals surface area (Å²) in [6.07, 6.45) is 0.568. The van der Waals surface area contributed by atoms with Gasteiger partial charge in [-0.1, -0.05) is 54.1 Å². The third-order valence-corrected chi connectivity index (χ3v) is 3.91. The summed E-state index contributed by atoms with van der Waals surface area (Å²) in [5.74, 6) is -0.313. The summed E-state index contributed by atoms with van der Waals surface area (Å²) in [7, 11) is 0. The van der Waals surface area contributed by atoms with E-state index in [-0.39, 0.29) is 5.82 Å². The molecule has 0 fully saturated rings. The average Bonchev–Trinajstić information content (AvgIpc) is 2.50. The highest BCUT2D eigenvalue weighted by molar-refractivity contribution is 6.30. The van der Waals surface area contributed by atoms with Gasteiger partial charge >= 0.3 is 0 Å². The summed E-state index contributed by atoms with van der Waals surface area (Å²) in [5, 5.41) is 2.81. The summed E-state index contributed by atoms with van der Waals surface area (Å²) in [6.45, 7) is 0. The zero-order chi connectivity index (χ0) is 14.8. The highest BCUT2D eigenvalue weighted by atomic mass is 35.5. The lowest BCUT2D eigenvalue weighted by Gasteiger charge is -2.15. The average molecular weight is 300 g/mol. The van der Waals surface area contributed by atoms with Crippen molar-refractivity contribution in [3.8, 4) is 0 Å². The topological polar surface area (TPSA) is 26.0 Å². The van der Waals surface area contributed by atoms with Gasteiger partial charge in [0, 0.05) is 16.6 Å². The van der Waals surface area contributed by atoms with Gasteiger partial charge in [0.15, 0.2) is 0 Å². The molecular weight excluding hydrogens is 285 g/mol. The van der Waals surface area contributed by atoms with Crippen LogP contribution in [0, 0.1) is 5.82 Å². The van der Waals surface area contributed by atoms with Crippen LogP contribution in [-0.2, 0) is 6.42 Å². The molecule has 0 heterocycles. The van der Waals surface area contributed by atoms with Gasteiger partial charge in [-0.25, -0.2) is 4.39 Å². The zero-order valence-corrected chi connectivity index (χ0v) is 12.1. The fraction of sp³-hybridized carbons (Fsp3) is 0.111. The molecule has 0 aliphatic carbocycles. The molecule has 1 atom stereocenters. The third-order valence-electron chi connectivity index (χ3n) is 3.68. The molecule has 0 radical (unpaired) electrons. The largest absolute Gasteiger partial charge is 0.324 e. The molecule has 0 aliphatic rings. The number of hydrogen-bond donors (Lipinski definition) is 1. The maximum Gasteiger partial charge on any atom is 0.128 e. The number of nitrogens with two attached hydrogens (primary N) is 1. The van der Waals surface area contributed by atoms with E-state index >= 15 is 0 Å². The maximum absolute atomic E-state index is 13.9. The van der Waals surface area contributed by atoms with E-state index in [0.29, 0.717) is 17.0 Å². The van der Waals surface area contributed by atoms with E-state index in [1.165, 1.54) is 12.1 Å². The quantitative estimate of drug-likeness (QED) is 0.733.